The quantitative estimate of drug-likeness (QED) is 0.589. The van der Waals surface area contributed by atoms with Crippen LogP contribution in [0.3, 0.4) is 0 Å². The molecular formula is C10H7Cl2NO2. The molecule has 1 aromatic rings. The molecule has 0 aromatic heterocycles. The van der Waals surface area contributed by atoms with Crippen LogP contribution in [0.15, 0.2) is 12.1 Å². The number of hydrogen-bond donors (Lipinski definition) is 2. The van der Waals surface area contributed by atoms with E-state index in [1.807, 2.05) is 0 Å². The summed E-state index contributed by atoms with van der Waals surface area (Å²) in [4.78, 5) is 11.1. The third-order valence-electron chi connectivity index (χ3n) is 1.51. The minimum absolute atomic E-state index is 0.0715. The first-order valence-corrected chi connectivity index (χ1v) is 4.72. The van der Waals surface area contributed by atoms with E-state index in [1.165, 1.54) is 12.1 Å². The van der Waals surface area contributed by atoms with Gasteiger partial charge in [0.1, 0.15) is 0 Å². The maximum Gasteiger partial charge on any atom is 0.300 e. The van der Waals surface area contributed by atoms with Crippen molar-refractivity contribution >= 4 is 34.8 Å². The molecule has 0 fully saturated rings. The van der Waals surface area contributed by atoms with Crippen molar-refractivity contribution in [2.45, 2.75) is 6.92 Å². The summed E-state index contributed by atoms with van der Waals surface area (Å²) in [6, 6.07) is 2.77. The second-order valence-electron chi connectivity index (χ2n) is 2.62. The highest BCUT2D eigenvalue weighted by molar-refractivity contribution is 6.37. The smallest absolute Gasteiger partial charge is 0.300 e. The summed E-state index contributed by atoms with van der Waals surface area (Å²) in [6.07, 6.45) is 0. The van der Waals surface area contributed by atoms with Crippen molar-refractivity contribution in [2.75, 3.05) is 5.32 Å². The zero-order valence-electron chi connectivity index (χ0n) is 7.77. The highest BCUT2D eigenvalue weighted by Crippen LogP contribution is 2.34. The molecule has 1 amide bonds. The van der Waals surface area contributed by atoms with Gasteiger partial charge in [0.05, 0.1) is 10.0 Å². The first-order chi connectivity index (χ1) is 7.04. The third-order valence-corrected chi connectivity index (χ3v) is 2.09. The van der Waals surface area contributed by atoms with Crippen LogP contribution >= 0.6 is 23.2 Å². The molecular weight excluding hydrogens is 237 g/mol. The maximum atomic E-state index is 11.1. The standard InChI is InChI=1S/C10H7Cl2NO2/c1-2-3-9(14)13-6-4-7(11)10(15)8(12)5-6/h4-5,15H,1H3,(H,13,14). The number of halogens is 2. The number of anilines is 1. The number of benzene rings is 1. The topological polar surface area (TPSA) is 49.3 Å². The first-order valence-electron chi connectivity index (χ1n) is 3.96. The monoisotopic (exact) mass is 243 g/mol. The second kappa shape index (κ2) is 4.92. The fourth-order valence-electron chi connectivity index (χ4n) is 0.914. The Morgan fingerprint density at radius 3 is 2.40 bits per heavy atom. The lowest BCUT2D eigenvalue weighted by molar-refractivity contribution is -0.111. The Hall–Kier alpha value is -1.37. The van der Waals surface area contributed by atoms with Gasteiger partial charge in [-0.15, -0.1) is 0 Å². The van der Waals surface area contributed by atoms with E-state index in [-0.39, 0.29) is 15.8 Å². The third kappa shape index (κ3) is 3.05. The van der Waals surface area contributed by atoms with Crippen LogP contribution in [0.1, 0.15) is 6.92 Å². The van der Waals surface area contributed by atoms with Crippen molar-refractivity contribution < 1.29 is 9.90 Å². The van der Waals surface area contributed by atoms with Gasteiger partial charge in [-0.3, -0.25) is 4.79 Å². The number of carbonyl (C=O) groups excluding carboxylic acids is 1. The molecule has 5 heteroatoms. The largest absolute Gasteiger partial charge is 0.505 e. The summed E-state index contributed by atoms with van der Waals surface area (Å²) in [6.45, 7) is 1.55. The van der Waals surface area contributed by atoms with Gasteiger partial charge in [-0.2, -0.15) is 0 Å². The molecule has 3 nitrogen and oxygen atoms in total. The van der Waals surface area contributed by atoms with Crippen LogP contribution < -0.4 is 5.32 Å². The van der Waals surface area contributed by atoms with Gasteiger partial charge in [-0.05, 0) is 25.0 Å². The molecule has 78 valence electrons. The number of hydrogen-bond acceptors (Lipinski definition) is 2. The van der Waals surface area contributed by atoms with Gasteiger partial charge in [0.25, 0.3) is 5.91 Å². The van der Waals surface area contributed by atoms with Crippen LogP contribution in [0.4, 0.5) is 5.69 Å². The van der Waals surface area contributed by atoms with E-state index in [0.717, 1.165) is 0 Å². The van der Waals surface area contributed by atoms with Crippen LogP contribution in [-0.4, -0.2) is 11.0 Å². The van der Waals surface area contributed by atoms with Crippen molar-refractivity contribution in [3.63, 3.8) is 0 Å². The molecule has 0 spiro atoms. The SMILES string of the molecule is CC#CC(=O)Nc1cc(Cl)c(O)c(Cl)c1. The lowest BCUT2D eigenvalue weighted by Crippen LogP contribution is -2.08. The van der Waals surface area contributed by atoms with Crippen LogP contribution in [0, 0.1) is 11.8 Å². The van der Waals surface area contributed by atoms with Crippen molar-refractivity contribution in [3.05, 3.63) is 22.2 Å². The summed E-state index contributed by atoms with van der Waals surface area (Å²) in [5.74, 6) is 4.08. The predicted molar refractivity (Wildman–Crippen MR) is 60.2 cm³/mol. The average Bonchev–Trinajstić information content (AvgIpc) is 2.14. The van der Waals surface area contributed by atoms with Crippen molar-refractivity contribution in [1.29, 1.82) is 0 Å². The number of phenols is 1. The van der Waals surface area contributed by atoms with Crippen molar-refractivity contribution in [3.8, 4) is 17.6 Å². The number of nitrogens with one attached hydrogen (secondary N) is 1. The molecule has 0 radical (unpaired) electrons. The van der Waals surface area contributed by atoms with Gasteiger partial charge in [0.15, 0.2) is 5.75 Å². The van der Waals surface area contributed by atoms with E-state index in [9.17, 15) is 9.90 Å². The fourth-order valence-corrected chi connectivity index (χ4v) is 1.40. The molecule has 0 aliphatic heterocycles. The van der Waals surface area contributed by atoms with E-state index in [1.54, 1.807) is 6.92 Å². The molecule has 0 aliphatic rings. The van der Waals surface area contributed by atoms with E-state index >= 15 is 0 Å². The zero-order valence-corrected chi connectivity index (χ0v) is 9.28. The van der Waals surface area contributed by atoms with Crippen LogP contribution in [-0.2, 0) is 4.79 Å². The Kier molecular flexibility index (Phi) is 3.84. The molecule has 1 aromatic carbocycles. The van der Waals surface area contributed by atoms with Crippen LogP contribution in [0.2, 0.25) is 10.0 Å². The Bertz CT molecular complexity index is 437. The Labute approximate surface area is 97.0 Å². The van der Waals surface area contributed by atoms with E-state index in [4.69, 9.17) is 23.2 Å². The van der Waals surface area contributed by atoms with Crippen LogP contribution in [0.25, 0.3) is 0 Å². The van der Waals surface area contributed by atoms with Gasteiger partial charge in [-0.1, -0.05) is 29.1 Å². The number of amides is 1. The van der Waals surface area contributed by atoms with E-state index in [2.05, 4.69) is 17.2 Å². The molecule has 0 saturated carbocycles. The lowest BCUT2D eigenvalue weighted by atomic mass is 10.3. The number of aromatic hydroxyl groups is 1. The molecule has 1 rings (SSSR count). The first kappa shape index (κ1) is 11.7. The average molecular weight is 244 g/mol. The normalized spacial score (nSPS) is 9.00. The Morgan fingerprint density at radius 1 is 1.40 bits per heavy atom. The number of phenolic OH excluding ortho intramolecular Hbond substituents is 1. The summed E-state index contributed by atoms with van der Waals surface area (Å²) >= 11 is 11.3. The highest BCUT2D eigenvalue weighted by atomic mass is 35.5. The molecule has 2 N–H and O–H groups in total. The lowest BCUT2D eigenvalue weighted by Gasteiger charge is -2.04. The number of carbonyl (C=O) groups is 1. The van der Waals surface area contributed by atoms with E-state index in [0.29, 0.717) is 5.69 Å². The van der Waals surface area contributed by atoms with Gasteiger partial charge >= 0.3 is 0 Å². The van der Waals surface area contributed by atoms with Crippen molar-refractivity contribution in [1.82, 2.24) is 0 Å². The Balaban J connectivity index is 2.96. The fraction of sp³-hybridized carbons (Fsp3) is 0.100. The van der Waals surface area contributed by atoms with Crippen molar-refractivity contribution in [2.24, 2.45) is 0 Å². The maximum absolute atomic E-state index is 11.1. The summed E-state index contributed by atoms with van der Waals surface area (Å²) in [7, 11) is 0. The Morgan fingerprint density at radius 2 is 1.93 bits per heavy atom. The molecule has 0 unspecified atom stereocenters. The highest BCUT2D eigenvalue weighted by Gasteiger charge is 2.07. The number of rotatable bonds is 1. The zero-order chi connectivity index (χ0) is 11.4. The molecule has 0 heterocycles. The molecule has 0 atom stereocenters. The summed E-state index contributed by atoms with van der Waals surface area (Å²) in [5, 5.41) is 11.9. The molecule has 0 saturated heterocycles. The predicted octanol–water partition coefficient (Wildman–Crippen LogP) is 2.66. The van der Waals surface area contributed by atoms with E-state index < -0.39 is 5.91 Å². The van der Waals surface area contributed by atoms with Gasteiger partial charge < -0.3 is 10.4 Å². The van der Waals surface area contributed by atoms with Gasteiger partial charge in [0, 0.05) is 5.69 Å². The molecule has 0 bridgehead atoms. The van der Waals surface area contributed by atoms with Crippen LogP contribution in [0.5, 0.6) is 5.75 Å². The minimum atomic E-state index is -0.463. The van der Waals surface area contributed by atoms with Gasteiger partial charge in [-0.25, -0.2) is 0 Å². The molecule has 15 heavy (non-hydrogen) atoms. The summed E-state index contributed by atoms with van der Waals surface area (Å²) in [5.41, 5.74) is 0.385. The minimum Gasteiger partial charge on any atom is -0.505 e. The summed E-state index contributed by atoms with van der Waals surface area (Å²) < 4.78 is 0. The second-order valence-corrected chi connectivity index (χ2v) is 3.43. The van der Waals surface area contributed by atoms with Gasteiger partial charge in [0.2, 0.25) is 0 Å². The molecule has 0 aliphatic carbocycles.